The van der Waals surface area contributed by atoms with Crippen molar-refractivity contribution < 1.29 is 14.3 Å². The van der Waals surface area contributed by atoms with Gasteiger partial charge in [-0.1, -0.05) is 34.6 Å². The van der Waals surface area contributed by atoms with Gasteiger partial charge in [-0.05, 0) is 11.3 Å². The smallest absolute Gasteiger partial charge is 0.373 e. The van der Waals surface area contributed by atoms with Crippen molar-refractivity contribution in [2.45, 2.75) is 47.0 Å². The Morgan fingerprint density at radius 2 is 2.00 bits per heavy atom. The molecule has 0 aromatic carbocycles. The van der Waals surface area contributed by atoms with Crippen molar-refractivity contribution in [3.05, 3.63) is 17.3 Å². The summed E-state index contributed by atoms with van der Waals surface area (Å²) in [6.45, 7) is 10.0. The van der Waals surface area contributed by atoms with E-state index < -0.39 is 5.97 Å². The Kier molecular flexibility index (Phi) is 3.41. The Balaban J connectivity index is 3.07. The number of carbonyl (C=O) groups is 1. The fourth-order valence-electron chi connectivity index (χ4n) is 1.45. The summed E-state index contributed by atoms with van der Waals surface area (Å²) in [7, 11) is 0. The lowest BCUT2D eigenvalue weighted by Gasteiger charge is -2.14. The lowest BCUT2D eigenvalue weighted by molar-refractivity contribution is 0.0657. The van der Waals surface area contributed by atoms with Crippen molar-refractivity contribution in [2.75, 3.05) is 0 Å². The molecule has 1 heterocycles. The molecular formula is C12H19NO3. The first-order valence-corrected chi connectivity index (χ1v) is 5.43. The predicted octanol–water partition coefficient (Wildman–Crippen LogP) is 3.08. The number of carboxylic acid groups (broad SMARTS) is 1. The third-order valence-corrected chi connectivity index (χ3v) is 2.12. The summed E-state index contributed by atoms with van der Waals surface area (Å²) in [5.41, 5.74) is 0.571. The molecule has 0 atom stereocenters. The number of carboxylic acids is 1. The molecule has 16 heavy (non-hydrogen) atoms. The van der Waals surface area contributed by atoms with Gasteiger partial charge < -0.3 is 9.52 Å². The Labute approximate surface area is 95.7 Å². The van der Waals surface area contributed by atoms with Crippen LogP contribution in [0.1, 0.15) is 62.7 Å². The van der Waals surface area contributed by atoms with Crippen molar-refractivity contribution in [1.82, 2.24) is 4.98 Å². The van der Waals surface area contributed by atoms with Crippen LogP contribution in [-0.4, -0.2) is 16.1 Å². The van der Waals surface area contributed by atoms with Crippen LogP contribution < -0.4 is 0 Å². The van der Waals surface area contributed by atoms with E-state index in [4.69, 9.17) is 9.52 Å². The second-order valence-corrected chi connectivity index (χ2v) is 5.52. The normalized spacial score (nSPS) is 12.1. The molecule has 0 amide bonds. The fraction of sp³-hybridized carbons (Fsp3) is 0.667. The van der Waals surface area contributed by atoms with Gasteiger partial charge >= 0.3 is 5.97 Å². The van der Waals surface area contributed by atoms with Crippen LogP contribution in [0.4, 0.5) is 0 Å². The Bertz CT molecular complexity index is 385. The minimum absolute atomic E-state index is 0.0192. The number of rotatable bonds is 3. The van der Waals surface area contributed by atoms with Gasteiger partial charge in [0.1, 0.15) is 0 Å². The zero-order chi connectivity index (χ0) is 12.5. The molecule has 1 aromatic heterocycles. The summed E-state index contributed by atoms with van der Waals surface area (Å²) in [6.07, 6.45) is 0.639. The van der Waals surface area contributed by atoms with Crippen molar-refractivity contribution in [3.8, 4) is 0 Å². The van der Waals surface area contributed by atoms with Gasteiger partial charge in [-0.3, -0.25) is 0 Å². The van der Waals surface area contributed by atoms with E-state index in [1.165, 1.54) is 0 Å². The standard InChI is InChI=1S/C12H19NO3/c1-7(2)9-10(11(14)15)16-8(13-9)6-12(3,4)5/h7H,6H2,1-5H3,(H,14,15). The minimum Gasteiger partial charge on any atom is -0.475 e. The molecule has 0 saturated heterocycles. The van der Waals surface area contributed by atoms with E-state index in [0.717, 1.165) is 0 Å². The molecule has 0 fully saturated rings. The van der Waals surface area contributed by atoms with Crippen molar-refractivity contribution in [2.24, 2.45) is 5.41 Å². The minimum atomic E-state index is -1.05. The van der Waals surface area contributed by atoms with Crippen LogP contribution in [0.25, 0.3) is 0 Å². The number of hydrogen-bond donors (Lipinski definition) is 1. The number of aromatic carboxylic acids is 1. The zero-order valence-electron chi connectivity index (χ0n) is 10.5. The van der Waals surface area contributed by atoms with Gasteiger partial charge in [-0.25, -0.2) is 9.78 Å². The first kappa shape index (κ1) is 12.7. The first-order valence-electron chi connectivity index (χ1n) is 5.43. The Morgan fingerprint density at radius 1 is 1.44 bits per heavy atom. The number of oxazole rings is 1. The van der Waals surface area contributed by atoms with E-state index in [2.05, 4.69) is 25.8 Å². The number of nitrogens with zero attached hydrogens (tertiary/aromatic N) is 1. The summed E-state index contributed by atoms with van der Waals surface area (Å²) in [5, 5.41) is 8.99. The van der Waals surface area contributed by atoms with Crippen molar-refractivity contribution in [1.29, 1.82) is 0 Å². The van der Waals surface area contributed by atoms with E-state index >= 15 is 0 Å². The molecule has 1 N–H and O–H groups in total. The zero-order valence-corrected chi connectivity index (χ0v) is 10.5. The van der Waals surface area contributed by atoms with E-state index in [1.54, 1.807) is 0 Å². The van der Waals surface area contributed by atoms with Gasteiger partial charge in [0, 0.05) is 6.42 Å². The van der Waals surface area contributed by atoms with Crippen molar-refractivity contribution >= 4 is 5.97 Å². The molecular weight excluding hydrogens is 206 g/mol. The van der Waals surface area contributed by atoms with Gasteiger partial charge in [-0.2, -0.15) is 0 Å². The van der Waals surface area contributed by atoms with E-state index in [0.29, 0.717) is 18.0 Å². The fourth-order valence-corrected chi connectivity index (χ4v) is 1.45. The highest BCUT2D eigenvalue weighted by Gasteiger charge is 2.24. The molecule has 0 radical (unpaired) electrons. The molecule has 1 rings (SSSR count). The van der Waals surface area contributed by atoms with Crippen LogP contribution in [-0.2, 0) is 6.42 Å². The van der Waals surface area contributed by atoms with Gasteiger partial charge in [0.25, 0.3) is 0 Å². The quantitative estimate of drug-likeness (QED) is 0.858. The summed E-state index contributed by atoms with van der Waals surface area (Å²) in [6, 6.07) is 0. The predicted molar refractivity (Wildman–Crippen MR) is 60.7 cm³/mol. The van der Waals surface area contributed by atoms with Gasteiger partial charge in [0.15, 0.2) is 5.89 Å². The highest BCUT2D eigenvalue weighted by molar-refractivity contribution is 5.85. The highest BCUT2D eigenvalue weighted by Crippen LogP contribution is 2.25. The van der Waals surface area contributed by atoms with Crippen LogP contribution >= 0.6 is 0 Å². The van der Waals surface area contributed by atoms with Crippen LogP contribution in [0.15, 0.2) is 4.42 Å². The van der Waals surface area contributed by atoms with Crippen LogP contribution in [0, 0.1) is 5.41 Å². The molecule has 4 heteroatoms. The maximum Gasteiger partial charge on any atom is 0.373 e. The van der Waals surface area contributed by atoms with E-state index in [1.807, 2.05) is 13.8 Å². The van der Waals surface area contributed by atoms with Gasteiger partial charge in [-0.15, -0.1) is 0 Å². The van der Waals surface area contributed by atoms with Crippen LogP contribution in [0.3, 0.4) is 0 Å². The Morgan fingerprint density at radius 3 is 2.31 bits per heavy atom. The maximum atomic E-state index is 11.0. The number of aromatic nitrogens is 1. The molecule has 0 aliphatic carbocycles. The summed E-state index contributed by atoms with van der Waals surface area (Å²) < 4.78 is 5.30. The highest BCUT2D eigenvalue weighted by atomic mass is 16.4. The third kappa shape index (κ3) is 3.08. The average molecular weight is 225 g/mol. The monoisotopic (exact) mass is 225 g/mol. The molecule has 0 aliphatic heterocycles. The van der Waals surface area contributed by atoms with Crippen molar-refractivity contribution in [3.63, 3.8) is 0 Å². The summed E-state index contributed by atoms with van der Waals surface area (Å²) >= 11 is 0. The molecule has 4 nitrogen and oxygen atoms in total. The maximum absolute atomic E-state index is 11.0. The molecule has 0 bridgehead atoms. The molecule has 90 valence electrons. The van der Waals surface area contributed by atoms with Crippen LogP contribution in [0.5, 0.6) is 0 Å². The van der Waals surface area contributed by atoms with E-state index in [9.17, 15) is 4.79 Å². The third-order valence-electron chi connectivity index (χ3n) is 2.12. The largest absolute Gasteiger partial charge is 0.475 e. The molecule has 0 spiro atoms. The lowest BCUT2D eigenvalue weighted by atomic mass is 9.92. The Hall–Kier alpha value is -1.32. The molecule has 0 saturated carbocycles. The molecule has 0 aliphatic rings. The molecule has 1 aromatic rings. The first-order chi connectivity index (χ1) is 7.20. The summed E-state index contributed by atoms with van der Waals surface area (Å²) in [5.74, 6) is -0.497. The van der Waals surface area contributed by atoms with Gasteiger partial charge in [0.05, 0.1) is 5.69 Å². The second-order valence-electron chi connectivity index (χ2n) is 5.52. The summed E-state index contributed by atoms with van der Waals surface area (Å²) in [4.78, 5) is 15.2. The topological polar surface area (TPSA) is 63.3 Å². The van der Waals surface area contributed by atoms with E-state index in [-0.39, 0.29) is 17.1 Å². The van der Waals surface area contributed by atoms with Gasteiger partial charge in [0.2, 0.25) is 5.76 Å². The SMILES string of the molecule is CC(C)c1nc(CC(C)(C)C)oc1C(=O)O. The molecule has 0 unspecified atom stereocenters. The lowest BCUT2D eigenvalue weighted by Crippen LogP contribution is -2.09. The number of hydrogen-bond acceptors (Lipinski definition) is 3. The second kappa shape index (κ2) is 4.28. The average Bonchev–Trinajstić information content (AvgIpc) is 2.44. The van der Waals surface area contributed by atoms with Crippen LogP contribution in [0.2, 0.25) is 0 Å².